The SMILES string of the molecule is C=CCc1cc(N)ccc1OCCc1nccn1C. The van der Waals surface area contributed by atoms with E-state index in [1.807, 2.05) is 42.1 Å². The van der Waals surface area contributed by atoms with Crippen molar-refractivity contribution in [2.45, 2.75) is 12.8 Å². The number of benzene rings is 1. The number of nitrogens with zero attached hydrogens (tertiary/aromatic N) is 2. The number of imidazole rings is 1. The molecule has 0 amide bonds. The minimum Gasteiger partial charge on any atom is -0.493 e. The van der Waals surface area contributed by atoms with Crippen LogP contribution >= 0.6 is 0 Å². The Morgan fingerprint density at radius 3 is 3.00 bits per heavy atom. The lowest BCUT2D eigenvalue weighted by atomic mass is 10.1. The number of nitrogen functional groups attached to an aromatic ring is 1. The molecular formula is C15H19N3O. The van der Waals surface area contributed by atoms with Gasteiger partial charge in [-0.15, -0.1) is 6.58 Å². The molecule has 2 N–H and O–H groups in total. The fourth-order valence-electron chi connectivity index (χ4n) is 1.94. The lowest BCUT2D eigenvalue weighted by Gasteiger charge is -2.11. The minimum absolute atomic E-state index is 0.596. The number of rotatable bonds is 6. The Kier molecular flexibility index (Phi) is 4.23. The molecule has 0 radical (unpaired) electrons. The van der Waals surface area contributed by atoms with Crippen molar-refractivity contribution >= 4 is 5.69 Å². The van der Waals surface area contributed by atoms with Crippen molar-refractivity contribution < 1.29 is 4.74 Å². The highest BCUT2D eigenvalue weighted by Crippen LogP contribution is 2.22. The van der Waals surface area contributed by atoms with Gasteiger partial charge in [0.25, 0.3) is 0 Å². The molecule has 0 bridgehead atoms. The highest BCUT2D eigenvalue weighted by molar-refractivity contribution is 5.48. The maximum absolute atomic E-state index is 5.82. The predicted octanol–water partition coefficient (Wildman–Crippen LogP) is 2.35. The van der Waals surface area contributed by atoms with E-state index in [1.165, 1.54) is 0 Å². The van der Waals surface area contributed by atoms with Gasteiger partial charge < -0.3 is 15.0 Å². The Morgan fingerprint density at radius 1 is 1.47 bits per heavy atom. The van der Waals surface area contributed by atoms with Gasteiger partial charge in [-0.05, 0) is 30.2 Å². The molecule has 2 rings (SSSR count). The molecule has 0 aliphatic heterocycles. The first-order valence-corrected chi connectivity index (χ1v) is 6.29. The summed E-state index contributed by atoms with van der Waals surface area (Å²) >= 11 is 0. The van der Waals surface area contributed by atoms with Gasteiger partial charge in [-0.2, -0.15) is 0 Å². The number of hydrogen-bond acceptors (Lipinski definition) is 3. The molecule has 0 saturated carbocycles. The molecule has 0 atom stereocenters. The van der Waals surface area contributed by atoms with Crippen molar-refractivity contribution in [3.05, 3.63) is 54.6 Å². The number of ether oxygens (including phenoxy) is 1. The quantitative estimate of drug-likeness (QED) is 0.638. The van der Waals surface area contributed by atoms with Gasteiger partial charge in [0.05, 0.1) is 6.61 Å². The second kappa shape index (κ2) is 6.09. The second-order valence-corrected chi connectivity index (χ2v) is 4.41. The van der Waals surface area contributed by atoms with Crippen LogP contribution in [0, 0.1) is 0 Å². The summed E-state index contributed by atoms with van der Waals surface area (Å²) in [7, 11) is 1.98. The summed E-state index contributed by atoms with van der Waals surface area (Å²) in [4.78, 5) is 4.27. The van der Waals surface area contributed by atoms with E-state index in [0.29, 0.717) is 6.61 Å². The Bertz CT molecular complexity index is 560. The molecule has 0 aliphatic carbocycles. The van der Waals surface area contributed by atoms with Crippen LogP contribution < -0.4 is 10.5 Å². The summed E-state index contributed by atoms with van der Waals surface area (Å²) in [5, 5.41) is 0. The third kappa shape index (κ3) is 3.37. The molecule has 1 aromatic heterocycles. The van der Waals surface area contributed by atoms with Gasteiger partial charge >= 0.3 is 0 Å². The zero-order valence-corrected chi connectivity index (χ0v) is 11.2. The van der Waals surface area contributed by atoms with Crippen LogP contribution in [-0.4, -0.2) is 16.2 Å². The minimum atomic E-state index is 0.596. The molecule has 0 aliphatic rings. The van der Waals surface area contributed by atoms with Crippen LogP contribution in [0.25, 0.3) is 0 Å². The third-order valence-corrected chi connectivity index (χ3v) is 2.95. The van der Waals surface area contributed by atoms with Crippen LogP contribution in [-0.2, 0) is 19.9 Å². The topological polar surface area (TPSA) is 53.1 Å². The normalized spacial score (nSPS) is 10.4. The van der Waals surface area contributed by atoms with E-state index >= 15 is 0 Å². The van der Waals surface area contributed by atoms with E-state index in [4.69, 9.17) is 10.5 Å². The van der Waals surface area contributed by atoms with E-state index in [-0.39, 0.29) is 0 Å². The average molecular weight is 257 g/mol. The highest BCUT2D eigenvalue weighted by atomic mass is 16.5. The van der Waals surface area contributed by atoms with Crippen LogP contribution in [0.2, 0.25) is 0 Å². The van der Waals surface area contributed by atoms with E-state index in [2.05, 4.69) is 11.6 Å². The van der Waals surface area contributed by atoms with Crippen LogP contribution in [0.4, 0.5) is 5.69 Å². The first-order chi connectivity index (χ1) is 9.20. The number of aromatic nitrogens is 2. The van der Waals surface area contributed by atoms with Gasteiger partial charge in [-0.25, -0.2) is 4.98 Å². The summed E-state index contributed by atoms with van der Waals surface area (Å²) in [5.74, 6) is 1.88. The summed E-state index contributed by atoms with van der Waals surface area (Å²) < 4.78 is 7.81. The maximum Gasteiger partial charge on any atom is 0.122 e. The molecule has 100 valence electrons. The molecule has 0 unspecified atom stereocenters. The van der Waals surface area contributed by atoms with Gasteiger partial charge in [0, 0.05) is 31.5 Å². The Morgan fingerprint density at radius 2 is 2.32 bits per heavy atom. The monoisotopic (exact) mass is 257 g/mol. The van der Waals surface area contributed by atoms with E-state index < -0.39 is 0 Å². The van der Waals surface area contributed by atoms with Crippen molar-refractivity contribution in [1.82, 2.24) is 9.55 Å². The largest absolute Gasteiger partial charge is 0.493 e. The Labute approximate surface area is 113 Å². The molecule has 1 heterocycles. The van der Waals surface area contributed by atoms with Gasteiger partial charge in [-0.3, -0.25) is 0 Å². The van der Waals surface area contributed by atoms with E-state index in [9.17, 15) is 0 Å². The Hall–Kier alpha value is -2.23. The molecule has 0 fully saturated rings. The smallest absolute Gasteiger partial charge is 0.122 e. The van der Waals surface area contributed by atoms with Crippen LogP contribution in [0.1, 0.15) is 11.4 Å². The standard InChI is InChI=1S/C15H19N3O/c1-3-4-12-11-13(16)5-6-14(12)19-10-7-15-17-8-9-18(15)2/h3,5-6,8-9,11H,1,4,7,10,16H2,2H3. The molecule has 19 heavy (non-hydrogen) atoms. The van der Waals surface area contributed by atoms with Crippen LogP contribution in [0.3, 0.4) is 0 Å². The van der Waals surface area contributed by atoms with Crippen molar-refractivity contribution in [2.75, 3.05) is 12.3 Å². The molecule has 1 aromatic carbocycles. The number of hydrogen-bond donors (Lipinski definition) is 1. The molecule has 0 spiro atoms. The predicted molar refractivity (Wildman–Crippen MR) is 77.2 cm³/mol. The van der Waals surface area contributed by atoms with Gasteiger partial charge in [-0.1, -0.05) is 6.08 Å². The van der Waals surface area contributed by atoms with Crippen molar-refractivity contribution in [3.8, 4) is 5.75 Å². The fraction of sp³-hybridized carbons (Fsp3) is 0.267. The highest BCUT2D eigenvalue weighted by Gasteiger charge is 2.04. The zero-order valence-electron chi connectivity index (χ0n) is 11.2. The molecule has 4 heteroatoms. The van der Waals surface area contributed by atoms with Gasteiger partial charge in [0.2, 0.25) is 0 Å². The lowest BCUT2D eigenvalue weighted by Crippen LogP contribution is -2.07. The molecule has 4 nitrogen and oxygen atoms in total. The zero-order chi connectivity index (χ0) is 13.7. The van der Waals surface area contributed by atoms with Gasteiger partial charge in [0.15, 0.2) is 0 Å². The van der Waals surface area contributed by atoms with Gasteiger partial charge in [0.1, 0.15) is 11.6 Å². The van der Waals surface area contributed by atoms with Crippen molar-refractivity contribution in [3.63, 3.8) is 0 Å². The third-order valence-electron chi connectivity index (χ3n) is 2.95. The Balaban J connectivity index is 1.99. The van der Waals surface area contributed by atoms with E-state index in [0.717, 1.165) is 35.7 Å². The first kappa shape index (κ1) is 13.2. The average Bonchev–Trinajstić information content (AvgIpc) is 2.78. The van der Waals surface area contributed by atoms with Crippen LogP contribution in [0.5, 0.6) is 5.75 Å². The number of nitrogens with two attached hydrogens (primary N) is 1. The molecule has 2 aromatic rings. The summed E-state index contributed by atoms with van der Waals surface area (Å²) in [5.41, 5.74) is 7.59. The van der Waals surface area contributed by atoms with Crippen molar-refractivity contribution in [1.29, 1.82) is 0 Å². The first-order valence-electron chi connectivity index (χ1n) is 6.29. The molecular weight excluding hydrogens is 238 g/mol. The van der Waals surface area contributed by atoms with E-state index in [1.54, 1.807) is 6.20 Å². The molecule has 0 saturated heterocycles. The van der Waals surface area contributed by atoms with Crippen molar-refractivity contribution in [2.24, 2.45) is 7.05 Å². The summed E-state index contributed by atoms with van der Waals surface area (Å²) in [6, 6.07) is 5.69. The second-order valence-electron chi connectivity index (χ2n) is 4.41. The van der Waals surface area contributed by atoms with Crippen LogP contribution in [0.15, 0.2) is 43.2 Å². The summed E-state index contributed by atoms with van der Waals surface area (Å²) in [6.07, 6.45) is 7.11. The fourth-order valence-corrected chi connectivity index (χ4v) is 1.94. The lowest BCUT2D eigenvalue weighted by molar-refractivity contribution is 0.315. The number of anilines is 1. The summed E-state index contributed by atoms with van der Waals surface area (Å²) in [6.45, 7) is 4.35. The number of aryl methyl sites for hydroxylation is 1. The maximum atomic E-state index is 5.82. The number of allylic oxidation sites excluding steroid dienone is 1.